The minimum atomic E-state index is -1.10. The predicted molar refractivity (Wildman–Crippen MR) is 75.2 cm³/mol. The standard InChI is InChI=1S/C15H21NO4/c16-13(15(18)19)9-10-14(17)20-11-5-4-8-12-6-2-1-3-7-12/h1-3,6-7,13H,4-5,8-11,16H2,(H,18,19)/t13-/m0/s1. The van der Waals surface area contributed by atoms with Gasteiger partial charge in [-0.3, -0.25) is 9.59 Å². The van der Waals surface area contributed by atoms with Crippen LogP contribution in [0.5, 0.6) is 0 Å². The van der Waals surface area contributed by atoms with Crippen molar-refractivity contribution in [2.45, 2.75) is 38.1 Å². The Bertz CT molecular complexity index is 419. The Morgan fingerprint density at radius 1 is 1.20 bits per heavy atom. The highest BCUT2D eigenvalue weighted by Gasteiger charge is 2.13. The molecule has 0 aliphatic heterocycles. The Morgan fingerprint density at radius 3 is 2.55 bits per heavy atom. The number of rotatable bonds is 9. The number of carbonyl (C=O) groups excluding carboxylic acids is 1. The molecule has 0 amide bonds. The average molecular weight is 279 g/mol. The Balaban J connectivity index is 2.03. The van der Waals surface area contributed by atoms with E-state index in [2.05, 4.69) is 12.1 Å². The highest BCUT2D eigenvalue weighted by Crippen LogP contribution is 2.05. The van der Waals surface area contributed by atoms with Gasteiger partial charge in [-0.25, -0.2) is 0 Å². The van der Waals surface area contributed by atoms with E-state index in [0.29, 0.717) is 6.61 Å². The van der Waals surface area contributed by atoms with Crippen LogP contribution in [0, 0.1) is 0 Å². The van der Waals surface area contributed by atoms with Gasteiger partial charge >= 0.3 is 11.9 Å². The molecule has 5 heteroatoms. The third kappa shape index (κ3) is 6.89. The van der Waals surface area contributed by atoms with Crippen molar-refractivity contribution in [3.63, 3.8) is 0 Å². The molecule has 0 spiro atoms. The summed E-state index contributed by atoms with van der Waals surface area (Å²) in [6.07, 6.45) is 2.87. The Morgan fingerprint density at radius 2 is 1.90 bits per heavy atom. The molecule has 0 aromatic heterocycles. The molecule has 0 unspecified atom stereocenters. The highest BCUT2D eigenvalue weighted by molar-refractivity contribution is 5.75. The fraction of sp³-hybridized carbons (Fsp3) is 0.467. The summed E-state index contributed by atoms with van der Waals surface area (Å²) in [4.78, 5) is 21.8. The third-order valence-corrected chi connectivity index (χ3v) is 2.94. The zero-order chi connectivity index (χ0) is 14.8. The van der Waals surface area contributed by atoms with Gasteiger partial charge in [-0.1, -0.05) is 30.3 Å². The van der Waals surface area contributed by atoms with Crippen molar-refractivity contribution < 1.29 is 19.4 Å². The summed E-state index contributed by atoms with van der Waals surface area (Å²) in [5.41, 5.74) is 6.57. The second kappa shape index (κ2) is 9.09. The molecule has 1 atom stereocenters. The molecule has 0 radical (unpaired) electrons. The third-order valence-electron chi connectivity index (χ3n) is 2.94. The predicted octanol–water partition coefficient (Wildman–Crippen LogP) is 1.74. The number of esters is 1. The molecular formula is C15H21NO4. The number of unbranched alkanes of at least 4 members (excludes halogenated alkanes) is 1. The van der Waals surface area contributed by atoms with E-state index in [0.717, 1.165) is 19.3 Å². The number of carboxylic acids is 1. The number of carboxylic acid groups (broad SMARTS) is 1. The van der Waals surface area contributed by atoms with Crippen LogP contribution in [0.1, 0.15) is 31.2 Å². The normalized spacial score (nSPS) is 11.8. The van der Waals surface area contributed by atoms with Gasteiger partial charge in [-0.05, 0) is 31.2 Å². The maximum absolute atomic E-state index is 11.3. The van der Waals surface area contributed by atoms with Crippen LogP contribution >= 0.6 is 0 Å². The first kappa shape index (κ1) is 16.2. The maximum atomic E-state index is 11.3. The summed E-state index contributed by atoms with van der Waals surface area (Å²) in [7, 11) is 0. The molecule has 110 valence electrons. The van der Waals surface area contributed by atoms with Crippen LogP contribution in [0.25, 0.3) is 0 Å². The fourth-order valence-electron chi connectivity index (χ4n) is 1.73. The number of hydrogen-bond donors (Lipinski definition) is 2. The molecule has 0 bridgehead atoms. The van der Waals surface area contributed by atoms with Crippen LogP contribution in [-0.2, 0) is 20.7 Å². The van der Waals surface area contributed by atoms with E-state index in [1.165, 1.54) is 5.56 Å². The minimum absolute atomic E-state index is 0.0478. The molecule has 1 aromatic carbocycles. The van der Waals surface area contributed by atoms with E-state index in [1.807, 2.05) is 18.2 Å². The summed E-state index contributed by atoms with van der Waals surface area (Å²) in [6.45, 7) is 0.369. The van der Waals surface area contributed by atoms with Crippen molar-refractivity contribution in [2.24, 2.45) is 5.73 Å². The number of aryl methyl sites for hydroxylation is 1. The van der Waals surface area contributed by atoms with Gasteiger partial charge in [-0.2, -0.15) is 0 Å². The summed E-state index contributed by atoms with van der Waals surface area (Å²) in [5.74, 6) is -1.48. The summed E-state index contributed by atoms with van der Waals surface area (Å²) in [6, 6.07) is 9.12. The van der Waals surface area contributed by atoms with Crippen molar-refractivity contribution in [3.05, 3.63) is 35.9 Å². The zero-order valence-electron chi connectivity index (χ0n) is 11.5. The number of benzene rings is 1. The lowest BCUT2D eigenvalue weighted by molar-refractivity contribution is -0.144. The zero-order valence-corrected chi connectivity index (χ0v) is 11.5. The van der Waals surface area contributed by atoms with Crippen LogP contribution in [0.15, 0.2) is 30.3 Å². The van der Waals surface area contributed by atoms with Crippen molar-refractivity contribution >= 4 is 11.9 Å². The lowest BCUT2D eigenvalue weighted by Crippen LogP contribution is -2.30. The second-order valence-corrected chi connectivity index (χ2v) is 4.65. The molecule has 0 aliphatic carbocycles. The van der Waals surface area contributed by atoms with Crippen molar-refractivity contribution in [2.75, 3.05) is 6.61 Å². The van der Waals surface area contributed by atoms with Gasteiger partial charge in [0.1, 0.15) is 6.04 Å². The highest BCUT2D eigenvalue weighted by atomic mass is 16.5. The average Bonchev–Trinajstić information content (AvgIpc) is 2.45. The Hall–Kier alpha value is -1.88. The van der Waals surface area contributed by atoms with E-state index >= 15 is 0 Å². The van der Waals surface area contributed by atoms with E-state index < -0.39 is 12.0 Å². The van der Waals surface area contributed by atoms with Gasteiger partial charge < -0.3 is 15.6 Å². The SMILES string of the molecule is N[C@@H](CCC(=O)OCCCCc1ccccc1)C(=O)O. The van der Waals surface area contributed by atoms with E-state index in [1.54, 1.807) is 0 Å². The molecule has 0 fully saturated rings. The number of hydrogen-bond acceptors (Lipinski definition) is 4. The monoisotopic (exact) mass is 279 g/mol. The largest absolute Gasteiger partial charge is 0.480 e. The van der Waals surface area contributed by atoms with Crippen LogP contribution in [0.2, 0.25) is 0 Å². The number of ether oxygens (including phenoxy) is 1. The topological polar surface area (TPSA) is 89.6 Å². The molecule has 0 saturated carbocycles. The van der Waals surface area contributed by atoms with Crippen LogP contribution in [0.4, 0.5) is 0 Å². The summed E-state index contributed by atoms with van der Waals surface area (Å²) < 4.78 is 5.02. The molecule has 1 aromatic rings. The molecule has 0 heterocycles. The lowest BCUT2D eigenvalue weighted by atomic mass is 10.1. The van der Waals surface area contributed by atoms with E-state index in [4.69, 9.17) is 15.6 Å². The molecular weight excluding hydrogens is 258 g/mol. The van der Waals surface area contributed by atoms with E-state index in [-0.39, 0.29) is 18.8 Å². The first-order chi connectivity index (χ1) is 9.59. The van der Waals surface area contributed by atoms with Crippen LogP contribution in [0.3, 0.4) is 0 Å². The molecule has 0 saturated heterocycles. The number of nitrogens with two attached hydrogens (primary N) is 1. The first-order valence-corrected chi connectivity index (χ1v) is 6.77. The van der Waals surface area contributed by atoms with Gasteiger partial charge in [0, 0.05) is 6.42 Å². The second-order valence-electron chi connectivity index (χ2n) is 4.65. The van der Waals surface area contributed by atoms with Gasteiger partial charge in [0.25, 0.3) is 0 Å². The smallest absolute Gasteiger partial charge is 0.320 e. The van der Waals surface area contributed by atoms with Gasteiger partial charge in [-0.15, -0.1) is 0 Å². The molecule has 3 N–H and O–H groups in total. The minimum Gasteiger partial charge on any atom is -0.480 e. The fourth-order valence-corrected chi connectivity index (χ4v) is 1.73. The van der Waals surface area contributed by atoms with E-state index in [9.17, 15) is 9.59 Å². The van der Waals surface area contributed by atoms with Crippen molar-refractivity contribution in [1.82, 2.24) is 0 Å². The molecule has 5 nitrogen and oxygen atoms in total. The van der Waals surface area contributed by atoms with Gasteiger partial charge in [0.05, 0.1) is 6.61 Å². The number of carbonyl (C=O) groups is 2. The molecule has 20 heavy (non-hydrogen) atoms. The van der Waals surface area contributed by atoms with Crippen molar-refractivity contribution in [1.29, 1.82) is 0 Å². The molecule has 1 rings (SSSR count). The summed E-state index contributed by atoms with van der Waals surface area (Å²) >= 11 is 0. The maximum Gasteiger partial charge on any atom is 0.320 e. The lowest BCUT2D eigenvalue weighted by Gasteiger charge is -2.07. The summed E-state index contributed by atoms with van der Waals surface area (Å²) in [5, 5.41) is 8.57. The van der Waals surface area contributed by atoms with Gasteiger partial charge in [0.2, 0.25) is 0 Å². The van der Waals surface area contributed by atoms with Gasteiger partial charge in [0.15, 0.2) is 0 Å². The molecule has 0 aliphatic rings. The van der Waals surface area contributed by atoms with Crippen LogP contribution in [-0.4, -0.2) is 29.7 Å². The Labute approximate surface area is 118 Å². The number of aliphatic carboxylic acids is 1. The quantitative estimate of drug-likeness (QED) is 0.531. The Kier molecular flexibility index (Phi) is 7.35. The first-order valence-electron chi connectivity index (χ1n) is 6.77. The van der Waals surface area contributed by atoms with Crippen molar-refractivity contribution in [3.8, 4) is 0 Å². The van der Waals surface area contributed by atoms with Crippen LogP contribution < -0.4 is 5.73 Å².